The Morgan fingerprint density at radius 3 is 3.05 bits per heavy atom. The van der Waals surface area contributed by atoms with E-state index in [-0.39, 0.29) is 0 Å². The van der Waals surface area contributed by atoms with Crippen LogP contribution in [0.5, 0.6) is 0 Å². The van der Waals surface area contributed by atoms with Crippen LogP contribution in [0.2, 0.25) is 0 Å². The van der Waals surface area contributed by atoms with E-state index < -0.39 is 0 Å². The minimum atomic E-state index is 0.731. The Hall–Kier alpha value is -1.39. The highest BCUT2D eigenvalue weighted by molar-refractivity contribution is 5.48. The van der Waals surface area contributed by atoms with E-state index in [1.54, 1.807) is 7.11 Å². The average molecular weight is 273 g/mol. The van der Waals surface area contributed by atoms with E-state index in [1.165, 1.54) is 24.1 Å². The summed E-state index contributed by atoms with van der Waals surface area (Å²) in [5, 5.41) is 3.52. The zero-order chi connectivity index (χ0) is 13.8. The van der Waals surface area contributed by atoms with Crippen LogP contribution < -0.4 is 10.2 Å². The van der Waals surface area contributed by atoms with Gasteiger partial charge in [0.15, 0.2) is 0 Å². The van der Waals surface area contributed by atoms with Crippen molar-refractivity contribution in [3.05, 3.63) is 35.7 Å². The molecule has 1 aliphatic heterocycles. The van der Waals surface area contributed by atoms with Gasteiger partial charge in [0.25, 0.3) is 0 Å². The summed E-state index contributed by atoms with van der Waals surface area (Å²) in [4.78, 5) is 6.86. The van der Waals surface area contributed by atoms with Gasteiger partial charge in [-0.3, -0.25) is 4.98 Å². The van der Waals surface area contributed by atoms with E-state index in [9.17, 15) is 0 Å². The van der Waals surface area contributed by atoms with E-state index in [4.69, 9.17) is 4.74 Å². The topological polar surface area (TPSA) is 37.4 Å². The monoisotopic (exact) mass is 273 g/mol. The molecule has 0 saturated heterocycles. The maximum atomic E-state index is 5.20. The molecule has 0 amide bonds. The molecule has 108 valence electrons. The van der Waals surface area contributed by atoms with Gasteiger partial charge in [0, 0.05) is 44.7 Å². The van der Waals surface area contributed by atoms with Crippen molar-refractivity contribution in [2.24, 2.45) is 0 Å². The quantitative estimate of drug-likeness (QED) is 0.806. The normalized spacial score (nSPS) is 19.1. The van der Waals surface area contributed by atoms with Crippen molar-refractivity contribution in [3.8, 4) is 0 Å². The van der Waals surface area contributed by atoms with Gasteiger partial charge in [0.1, 0.15) is 0 Å². The molecule has 4 heteroatoms. The number of ether oxygens (including phenoxy) is 1. The minimum absolute atomic E-state index is 0.731. The van der Waals surface area contributed by atoms with Gasteiger partial charge in [-0.1, -0.05) is 6.08 Å². The molecule has 1 fully saturated rings. The van der Waals surface area contributed by atoms with Crippen LogP contribution in [0.3, 0.4) is 0 Å². The number of nitrogens with zero attached hydrogens (tertiary/aromatic N) is 2. The van der Waals surface area contributed by atoms with E-state index >= 15 is 0 Å². The van der Waals surface area contributed by atoms with E-state index in [1.807, 2.05) is 6.20 Å². The first-order valence-corrected chi connectivity index (χ1v) is 7.45. The molecule has 1 aromatic heterocycles. The fraction of sp³-hybridized carbons (Fsp3) is 0.562. The number of pyridine rings is 1. The predicted octanol–water partition coefficient (Wildman–Crippen LogP) is 2.12. The first kappa shape index (κ1) is 13.6. The van der Waals surface area contributed by atoms with Gasteiger partial charge in [-0.2, -0.15) is 0 Å². The lowest BCUT2D eigenvalue weighted by atomic mass is 10.1. The van der Waals surface area contributed by atoms with Gasteiger partial charge in [0.05, 0.1) is 12.3 Å². The third-order valence-electron chi connectivity index (χ3n) is 3.95. The molecule has 1 N–H and O–H groups in total. The lowest BCUT2D eigenvalue weighted by Crippen LogP contribution is -2.29. The van der Waals surface area contributed by atoms with Crippen LogP contribution in [-0.4, -0.2) is 37.8 Å². The standard InChI is InChI=1S/C16H23N3O/c1-20-12-13-5-8-19(9-6-13)16-4-7-17-15(10-16)11-18-14-2-3-14/h4-5,7,10,14,18H,2-3,6,8-9,11-12H2,1H3. The second kappa shape index (κ2) is 6.37. The molecular formula is C16H23N3O. The molecule has 0 unspecified atom stereocenters. The summed E-state index contributed by atoms with van der Waals surface area (Å²) in [6.07, 6.45) is 7.94. The van der Waals surface area contributed by atoms with Crippen molar-refractivity contribution in [2.45, 2.75) is 31.8 Å². The fourth-order valence-corrected chi connectivity index (χ4v) is 2.56. The summed E-state index contributed by atoms with van der Waals surface area (Å²) >= 11 is 0. The number of hydrogen-bond acceptors (Lipinski definition) is 4. The maximum Gasteiger partial charge on any atom is 0.0674 e. The molecule has 1 aromatic rings. The number of anilines is 1. The minimum Gasteiger partial charge on any atom is -0.380 e. The van der Waals surface area contributed by atoms with Crippen LogP contribution in [-0.2, 0) is 11.3 Å². The smallest absolute Gasteiger partial charge is 0.0674 e. The molecule has 1 aliphatic carbocycles. The summed E-state index contributed by atoms with van der Waals surface area (Å²) in [6, 6.07) is 5.05. The van der Waals surface area contributed by atoms with Crippen molar-refractivity contribution < 1.29 is 4.74 Å². The molecule has 3 rings (SSSR count). The van der Waals surface area contributed by atoms with E-state index in [0.29, 0.717) is 0 Å². The third-order valence-corrected chi connectivity index (χ3v) is 3.95. The van der Waals surface area contributed by atoms with Crippen LogP contribution in [0.4, 0.5) is 5.69 Å². The molecule has 0 aromatic carbocycles. The maximum absolute atomic E-state index is 5.20. The molecule has 0 spiro atoms. The Labute approximate surface area is 120 Å². The van der Waals surface area contributed by atoms with Crippen molar-refractivity contribution in [1.29, 1.82) is 0 Å². The summed E-state index contributed by atoms with van der Waals surface area (Å²) in [5.74, 6) is 0. The van der Waals surface area contributed by atoms with Crippen LogP contribution in [0.25, 0.3) is 0 Å². The number of nitrogens with one attached hydrogen (secondary N) is 1. The number of hydrogen-bond donors (Lipinski definition) is 1. The van der Waals surface area contributed by atoms with Gasteiger partial charge in [-0.05, 0) is 37.0 Å². The first-order chi connectivity index (χ1) is 9.85. The van der Waals surface area contributed by atoms with Gasteiger partial charge in [-0.25, -0.2) is 0 Å². The summed E-state index contributed by atoms with van der Waals surface area (Å²) in [5.41, 5.74) is 3.83. The summed E-state index contributed by atoms with van der Waals surface area (Å²) < 4.78 is 5.20. The van der Waals surface area contributed by atoms with Crippen molar-refractivity contribution in [2.75, 3.05) is 31.7 Å². The summed E-state index contributed by atoms with van der Waals surface area (Å²) in [7, 11) is 1.76. The largest absolute Gasteiger partial charge is 0.380 e. The van der Waals surface area contributed by atoms with Crippen LogP contribution >= 0.6 is 0 Å². The van der Waals surface area contributed by atoms with Gasteiger partial charge in [0.2, 0.25) is 0 Å². The molecule has 2 aliphatic rings. The van der Waals surface area contributed by atoms with E-state index in [0.717, 1.165) is 44.4 Å². The predicted molar refractivity (Wildman–Crippen MR) is 80.9 cm³/mol. The molecule has 2 heterocycles. The van der Waals surface area contributed by atoms with Crippen LogP contribution in [0, 0.1) is 0 Å². The molecule has 1 saturated carbocycles. The zero-order valence-corrected chi connectivity index (χ0v) is 12.1. The number of rotatable bonds is 6. The van der Waals surface area contributed by atoms with Gasteiger partial charge in [-0.15, -0.1) is 0 Å². The molecular weight excluding hydrogens is 250 g/mol. The zero-order valence-electron chi connectivity index (χ0n) is 12.1. The molecule has 4 nitrogen and oxygen atoms in total. The second-order valence-corrected chi connectivity index (χ2v) is 5.65. The number of aromatic nitrogens is 1. The van der Waals surface area contributed by atoms with Gasteiger partial charge >= 0.3 is 0 Å². The molecule has 0 radical (unpaired) electrons. The first-order valence-electron chi connectivity index (χ1n) is 7.45. The Balaban J connectivity index is 1.60. The van der Waals surface area contributed by atoms with Crippen molar-refractivity contribution in [1.82, 2.24) is 10.3 Å². The highest BCUT2D eigenvalue weighted by Crippen LogP contribution is 2.22. The number of methoxy groups -OCH3 is 1. The highest BCUT2D eigenvalue weighted by atomic mass is 16.5. The molecule has 20 heavy (non-hydrogen) atoms. The Kier molecular flexibility index (Phi) is 4.33. The lowest BCUT2D eigenvalue weighted by Gasteiger charge is -2.28. The summed E-state index contributed by atoms with van der Waals surface area (Å²) in [6.45, 7) is 3.69. The molecule has 0 bridgehead atoms. The van der Waals surface area contributed by atoms with Crippen molar-refractivity contribution in [3.63, 3.8) is 0 Å². The van der Waals surface area contributed by atoms with Crippen molar-refractivity contribution >= 4 is 5.69 Å². The second-order valence-electron chi connectivity index (χ2n) is 5.65. The Morgan fingerprint density at radius 1 is 1.45 bits per heavy atom. The average Bonchev–Trinajstić information content (AvgIpc) is 3.31. The van der Waals surface area contributed by atoms with E-state index in [2.05, 4.69) is 33.4 Å². The van der Waals surface area contributed by atoms with Gasteiger partial charge < -0.3 is 15.0 Å². The van der Waals surface area contributed by atoms with Crippen LogP contribution in [0.15, 0.2) is 30.0 Å². The highest BCUT2D eigenvalue weighted by Gasteiger charge is 2.20. The van der Waals surface area contributed by atoms with Crippen LogP contribution in [0.1, 0.15) is 25.0 Å². The molecule has 0 atom stereocenters. The SMILES string of the molecule is COCC1=CCN(c2ccnc(CNC3CC3)c2)CC1. The third kappa shape index (κ3) is 3.58. The Bertz CT molecular complexity index is 482. The lowest BCUT2D eigenvalue weighted by molar-refractivity contribution is 0.222. The fourth-order valence-electron chi connectivity index (χ4n) is 2.56. The Morgan fingerprint density at radius 2 is 2.35 bits per heavy atom.